The molecule has 0 amide bonds. The van der Waals surface area contributed by atoms with E-state index < -0.39 is 30.7 Å². The van der Waals surface area contributed by atoms with E-state index in [1.165, 1.54) is 19.3 Å². The van der Waals surface area contributed by atoms with Crippen LogP contribution in [0.15, 0.2) is 0 Å². The molecule has 0 aromatic rings. The Labute approximate surface area is 119 Å². The van der Waals surface area contributed by atoms with Gasteiger partial charge in [0, 0.05) is 0 Å². The van der Waals surface area contributed by atoms with Gasteiger partial charge in [-0.1, -0.05) is 32.6 Å². The predicted molar refractivity (Wildman–Crippen MR) is 70.9 cm³/mol. The lowest BCUT2D eigenvalue weighted by molar-refractivity contribution is -0.352. The zero-order chi connectivity index (χ0) is 14.5. The van der Waals surface area contributed by atoms with Crippen molar-refractivity contribution in [1.29, 1.82) is 0 Å². The second-order valence-electron chi connectivity index (χ2n) is 5.61. The molecule has 2 fully saturated rings. The highest BCUT2D eigenvalue weighted by molar-refractivity contribution is 4.91. The number of ether oxygens (including phenoxy) is 3. The Morgan fingerprint density at radius 2 is 1.70 bits per heavy atom. The van der Waals surface area contributed by atoms with Gasteiger partial charge in [-0.15, -0.1) is 0 Å². The number of unbranched alkanes of at least 4 members (excludes halogenated alkanes) is 4. The molecular weight excluding hydrogens is 264 g/mol. The Balaban J connectivity index is 1.74. The molecule has 3 N–H and O–H groups in total. The van der Waals surface area contributed by atoms with Crippen LogP contribution in [-0.2, 0) is 14.2 Å². The van der Waals surface area contributed by atoms with Crippen LogP contribution >= 0.6 is 0 Å². The highest BCUT2D eigenvalue weighted by Gasteiger charge is 2.47. The molecular formula is C14H26O6. The minimum Gasteiger partial charge on any atom is -0.387 e. The standard InChI is InChI=1S/C14H26O6/c1-2-3-4-5-6-7-10-18-8-9-13(20-10)11(15)12(16)14(17)19-9/h9-17H,2-8H2,1H3. The summed E-state index contributed by atoms with van der Waals surface area (Å²) in [6.07, 6.45) is 1.22. The van der Waals surface area contributed by atoms with Gasteiger partial charge in [0.05, 0.1) is 6.61 Å². The van der Waals surface area contributed by atoms with E-state index in [0.29, 0.717) is 0 Å². The first-order valence-electron chi connectivity index (χ1n) is 7.60. The Morgan fingerprint density at radius 1 is 0.950 bits per heavy atom. The molecule has 0 spiro atoms. The van der Waals surface area contributed by atoms with Gasteiger partial charge in [0.2, 0.25) is 0 Å². The van der Waals surface area contributed by atoms with Gasteiger partial charge in [-0.05, 0) is 12.8 Å². The third-order valence-electron chi connectivity index (χ3n) is 3.96. The van der Waals surface area contributed by atoms with Crippen LogP contribution in [0.5, 0.6) is 0 Å². The van der Waals surface area contributed by atoms with E-state index in [0.717, 1.165) is 19.3 Å². The summed E-state index contributed by atoms with van der Waals surface area (Å²) in [6.45, 7) is 2.45. The SMILES string of the molecule is CCCCCCCC1OCC2OC(O)C(O)C(O)C2O1. The minimum absolute atomic E-state index is 0.269. The van der Waals surface area contributed by atoms with Crippen molar-refractivity contribution in [1.82, 2.24) is 0 Å². The molecule has 6 heteroatoms. The smallest absolute Gasteiger partial charge is 0.184 e. The van der Waals surface area contributed by atoms with Crippen molar-refractivity contribution >= 4 is 0 Å². The molecule has 20 heavy (non-hydrogen) atoms. The van der Waals surface area contributed by atoms with Gasteiger partial charge in [0.1, 0.15) is 24.4 Å². The zero-order valence-electron chi connectivity index (χ0n) is 12.0. The van der Waals surface area contributed by atoms with Crippen molar-refractivity contribution in [3.63, 3.8) is 0 Å². The van der Waals surface area contributed by atoms with E-state index in [9.17, 15) is 15.3 Å². The average molecular weight is 290 g/mol. The molecule has 2 aliphatic rings. The zero-order valence-corrected chi connectivity index (χ0v) is 12.0. The lowest BCUT2D eigenvalue weighted by atomic mass is 9.98. The first-order valence-corrected chi connectivity index (χ1v) is 7.60. The van der Waals surface area contributed by atoms with Gasteiger partial charge >= 0.3 is 0 Å². The normalized spacial score (nSPS) is 41.4. The fourth-order valence-corrected chi connectivity index (χ4v) is 2.70. The Bertz CT molecular complexity index is 285. The fourth-order valence-electron chi connectivity index (χ4n) is 2.70. The highest BCUT2D eigenvalue weighted by Crippen LogP contribution is 2.29. The summed E-state index contributed by atoms with van der Waals surface area (Å²) in [5, 5.41) is 29.0. The van der Waals surface area contributed by atoms with Gasteiger partial charge < -0.3 is 29.5 Å². The van der Waals surface area contributed by atoms with E-state index in [1.807, 2.05) is 0 Å². The third kappa shape index (κ3) is 3.90. The van der Waals surface area contributed by atoms with E-state index in [4.69, 9.17) is 14.2 Å². The minimum atomic E-state index is -1.39. The Morgan fingerprint density at radius 3 is 2.45 bits per heavy atom. The fraction of sp³-hybridized carbons (Fsp3) is 1.00. The van der Waals surface area contributed by atoms with Crippen molar-refractivity contribution in [3.8, 4) is 0 Å². The monoisotopic (exact) mass is 290 g/mol. The van der Waals surface area contributed by atoms with Crippen LogP contribution in [0.25, 0.3) is 0 Å². The summed E-state index contributed by atoms with van der Waals surface area (Å²) in [6, 6.07) is 0. The molecule has 2 saturated heterocycles. The van der Waals surface area contributed by atoms with Crippen molar-refractivity contribution in [3.05, 3.63) is 0 Å². The second kappa shape index (κ2) is 7.68. The quantitative estimate of drug-likeness (QED) is 0.618. The molecule has 6 atom stereocenters. The number of aliphatic hydroxyl groups is 3. The molecule has 2 aliphatic heterocycles. The van der Waals surface area contributed by atoms with Gasteiger partial charge in [0.15, 0.2) is 12.6 Å². The maximum Gasteiger partial charge on any atom is 0.184 e. The molecule has 0 aromatic carbocycles. The maximum absolute atomic E-state index is 9.93. The summed E-state index contributed by atoms with van der Waals surface area (Å²) < 4.78 is 16.4. The van der Waals surface area contributed by atoms with E-state index in [1.54, 1.807) is 0 Å². The van der Waals surface area contributed by atoms with Gasteiger partial charge in [0.25, 0.3) is 0 Å². The van der Waals surface area contributed by atoms with Crippen molar-refractivity contribution < 1.29 is 29.5 Å². The largest absolute Gasteiger partial charge is 0.387 e. The third-order valence-corrected chi connectivity index (χ3v) is 3.96. The molecule has 0 radical (unpaired) electrons. The molecule has 6 unspecified atom stereocenters. The van der Waals surface area contributed by atoms with Crippen molar-refractivity contribution in [2.24, 2.45) is 0 Å². The molecule has 2 heterocycles. The maximum atomic E-state index is 9.93. The van der Waals surface area contributed by atoms with Crippen LogP contribution < -0.4 is 0 Å². The molecule has 0 aliphatic carbocycles. The number of hydrogen-bond donors (Lipinski definition) is 3. The molecule has 0 bridgehead atoms. The van der Waals surface area contributed by atoms with Crippen LogP contribution in [0, 0.1) is 0 Å². The number of rotatable bonds is 6. The van der Waals surface area contributed by atoms with Gasteiger partial charge in [-0.3, -0.25) is 0 Å². The van der Waals surface area contributed by atoms with Crippen LogP contribution in [-0.4, -0.2) is 58.9 Å². The van der Waals surface area contributed by atoms with E-state index >= 15 is 0 Å². The first-order chi connectivity index (χ1) is 9.63. The average Bonchev–Trinajstić information content (AvgIpc) is 2.45. The molecule has 2 rings (SSSR count). The summed E-state index contributed by atoms with van der Waals surface area (Å²) in [5.74, 6) is 0. The molecule has 0 saturated carbocycles. The Hall–Kier alpha value is -0.240. The predicted octanol–water partition coefficient (Wildman–Crippen LogP) is 0.527. The number of aliphatic hydroxyl groups excluding tert-OH is 3. The van der Waals surface area contributed by atoms with Crippen molar-refractivity contribution in [2.75, 3.05) is 6.61 Å². The van der Waals surface area contributed by atoms with Gasteiger partial charge in [-0.2, -0.15) is 0 Å². The first kappa shape index (κ1) is 16.1. The van der Waals surface area contributed by atoms with Crippen LogP contribution in [0.2, 0.25) is 0 Å². The van der Waals surface area contributed by atoms with E-state index in [2.05, 4.69) is 6.92 Å². The summed E-state index contributed by atoms with van der Waals surface area (Å²) in [7, 11) is 0. The van der Waals surface area contributed by atoms with E-state index in [-0.39, 0.29) is 12.9 Å². The second-order valence-corrected chi connectivity index (χ2v) is 5.61. The Kier molecular flexibility index (Phi) is 6.20. The van der Waals surface area contributed by atoms with Gasteiger partial charge in [-0.25, -0.2) is 0 Å². The summed E-state index contributed by atoms with van der Waals surface area (Å²) in [4.78, 5) is 0. The van der Waals surface area contributed by atoms with Crippen LogP contribution in [0.1, 0.15) is 45.4 Å². The molecule has 6 nitrogen and oxygen atoms in total. The highest BCUT2D eigenvalue weighted by atomic mass is 16.7. The lowest BCUT2D eigenvalue weighted by Gasteiger charge is -2.45. The van der Waals surface area contributed by atoms with Crippen LogP contribution in [0.4, 0.5) is 0 Å². The lowest BCUT2D eigenvalue weighted by Crippen LogP contribution is -2.62. The summed E-state index contributed by atoms with van der Waals surface area (Å²) >= 11 is 0. The topological polar surface area (TPSA) is 88.4 Å². The molecule has 0 aromatic heterocycles. The molecule has 118 valence electrons. The van der Waals surface area contributed by atoms with Crippen LogP contribution in [0.3, 0.4) is 0 Å². The summed E-state index contributed by atoms with van der Waals surface area (Å²) in [5.41, 5.74) is 0. The number of fused-ring (bicyclic) bond motifs is 1. The number of hydrogen-bond acceptors (Lipinski definition) is 6. The van der Waals surface area contributed by atoms with Crippen molar-refractivity contribution in [2.45, 2.75) is 82.4 Å².